The first-order valence-electron chi connectivity index (χ1n) is 3.37. The Bertz CT molecular complexity index is 185. The summed E-state index contributed by atoms with van der Waals surface area (Å²) < 4.78 is 0. The highest BCUT2D eigenvalue weighted by Crippen LogP contribution is 2.04. The van der Waals surface area contributed by atoms with Gasteiger partial charge in [0.25, 0.3) is 0 Å². The average molecular weight is 229 g/mol. The molecule has 7 heteroatoms. The molecule has 0 saturated carbocycles. The molecule has 78 valence electrons. The molecule has 1 heterocycles. The van der Waals surface area contributed by atoms with Crippen LogP contribution in [0.15, 0.2) is 16.9 Å². The van der Waals surface area contributed by atoms with Crippen molar-refractivity contribution in [3.8, 4) is 0 Å². The zero-order chi connectivity index (χ0) is 8.10. The fraction of sp³-hybridized carbons (Fsp3) is 0.500. The minimum Gasteiger partial charge on any atom is -0.344 e. The molecule has 0 amide bonds. The molecule has 13 heavy (non-hydrogen) atoms. The molecule has 5 nitrogen and oxygen atoms in total. The lowest BCUT2D eigenvalue weighted by molar-refractivity contribution is -0.128. The highest BCUT2D eigenvalue weighted by Gasteiger charge is 2.02. The molecule has 0 spiro atoms. The zero-order valence-corrected chi connectivity index (χ0v) is 8.68. The van der Waals surface area contributed by atoms with E-state index in [2.05, 4.69) is 10.5 Å². The Labute approximate surface area is 88.4 Å². The molecular formula is C6H14Cl2N4O. The predicted octanol–water partition coefficient (Wildman–Crippen LogP) is 1.67. The van der Waals surface area contributed by atoms with Gasteiger partial charge in [-0.3, -0.25) is 10.6 Å². The lowest BCUT2D eigenvalue weighted by Gasteiger charge is -2.17. The van der Waals surface area contributed by atoms with Crippen LogP contribution in [-0.4, -0.2) is 22.6 Å². The molecule has 1 aliphatic heterocycles. The van der Waals surface area contributed by atoms with Gasteiger partial charge in [0.2, 0.25) is 0 Å². The average Bonchev–Trinajstić information content (AvgIpc) is 2.01. The van der Waals surface area contributed by atoms with Gasteiger partial charge in [0.15, 0.2) is 0 Å². The third kappa shape index (κ3) is 5.70. The van der Waals surface area contributed by atoms with E-state index in [-0.39, 0.29) is 18.6 Å². The fourth-order valence-corrected chi connectivity index (χ4v) is 0.911. The van der Waals surface area contributed by atoms with Crippen molar-refractivity contribution in [2.75, 3.05) is 5.88 Å². The van der Waals surface area contributed by atoms with Gasteiger partial charge in [-0.25, -0.2) is 0 Å². The van der Waals surface area contributed by atoms with Crippen molar-refractivity contribution in [1.82, 2.24) is 16.9 Å². The van der Waals surface area contributed by atoms with Crippen molar-refractivity contribution in [2.45, 2.75) is 12.8 Å². The Morgan fingerprint density at radius 1 is 1.62 bits per heavy atom. The van der Waals surface area contributed by atoms with Gasteiger partial charge in [-0.1, -0.05) is 5.28 Å². The molecule has 0 aliphatic carbocycles. The van der Waals surface area contributed by atoms with Gasteiger partial charge in [-0.15, -0.1) is 29.1 Å². The van der Waals surface area contributed by atoms with Gasteiger partial charge in [0.05, 0.1) is 6.21 Å². The largest absolute Gasteiger partial charge is 0.344 e. The van der Waals surface area contributed by atoms with E-state index in [1.54, 1.807) is 6.08 Å². The SMILES string of the molecule is Cl.N.ON1N=CC=C(CCCCl)N1. The van der Waals surface area contributed by atoms with Crippen molar-refractivity contribution in [3.05, 3.63) is 11.8 Å². The first-order chi connectivity index (χ1) is 5.33. The molecule has 0 aromatic carbocycles. The number of hydrogen-bond acceptors (Lipinski definition) is 5. The molecule has 0 radical (unpaired) electrons. The first-order valence-corrected chi connectivity index (χ1v) is 3.91. The van der Waals surface area contributed by atoms with Crippen molar-refractivity contribution in [2.24, 2.45) is 5.10 Å². The van der Waals surface area contributed by atoms with Crippen LogP contribution in [-0.2, 0) is 0 Å². The summed E-state index contributed by atoms with van der Waals surface area (Å²) in [6.07, 6.45) is 5.05. The Morgan fingerprint density at radius 3 is 2.85 bits per heavy atom. The maximum atomic E-state index is 8.83. The van der Waals surface area contributed by atoms with E-state index in [0.29, 0.717) is 11.2 Å². The van der Waals surface area contributed by atoms with E-state index in [4.69, 9.17) is 16.8 Å². The van der Waals surface area contributed by atoms with Crippen LogP contribution in [0, 0.1) is 0 Å². The molecule has 0 aromatic rings. The minimum absolute atomic E-state index is 0. The van der Waals surface area contributed by atoms with Crippen molar-refractivity contribution >= 4 is 30.2 Å². The molecule has 0 atom stereocenters. The van der Waals surface area contributed by atoms with Crippen molar-refractivity contribution in [3.63, 3.8) is 0 Å². The highest BCUT2D eigenvalue weighted by atomic mass is 35.5. The minimum atomic E-state index is 0. The Balaban J connectivity index is 0. The summed E-state index contributed by atoms with van der Waals surface area (Å²) in [6.45, 7) is 0. The third-order valence-electron chi connectivity index (χ3n) is 1.28. The maximum absolute atomic E-state index is 8.83. The first kappa shape index (κ1) is 15.0. The summed E-state index contributed by atoms with van der Waals surface area (Å²) in [5, 5.41) is 13.0. The van der Waals surface area contributed by atoms with Crippen LogP contribution in [0.4, 0.5) is 0 Å². The second-order valence-corrected chi connectivity index (χ2v) is 2.53. The standard InChI is InChI=1S/C6H10ClN3O.ClH.H3N/c7-4-1-2-6-3-5-8-10(11)9-6;;/h3,5,9,11H,1-2,4H2;1H;1H3. The van der Waals surface area contributed by atoms with Gasteiger partial charge in [0, 0.05) is 11.6 Å². The van der Waals surface area contributed by atoms with E-state index in [1.165, 1.54) is 6.21 Å². The maximum Gasteiger partial charge on any atom is 0.0534 e. The van der Waals surface area contributed by atoms with Crippen LogP contribution < -0.4 is 11.6 Å². The molecule has 0 saturated heterocycles. The van der Waals surface area contributed by atoms with Gasteiger partial charge >= 0.3 is 0 Å². The number of allylic oxidation sites excluding steroid dienone is 2. The summed E-state index contributed by atoms with van der Waals surface area (Å²) in [5.41, 5.74) is 3.56. The van der Waals surface area contributed by atoms with Gasteiger partial charge in [-0.05, 0) is 18.9 Å². The number of nitrogens with one attached hydrogen (secondary N) is 1. The van der Waals surface area contributed by atoms with Crippen LogP contribution in [0.2, 0.25) is 0 Å². The Kier molecular flexibility index (Phi) is 9.38. The molecular weight excluding hydrogens is 215 g/mol. The number of hydrazone groups is 1. The predicted molar refractivity (Wildman–Crippen MR) is 55.6 cm³/mol. The lowest BCUT2D eigenvalue weighted by Crippen LogP contribution is -2.32. The van der Waals surface area contributed by atoms with Gasteiger partial charge < -0.3 is 6.15 Å². The van der Waals surface area contributed by atoms with E-state index in [1.807, 2.05) is 0 Å². The van der Waals surface area contributed by atoms with Crippen LogP contribution >= 0.6 is 24.0 Å². The van der Waals surface area contributed by atoms with Crippen LogP contribution in [0.1, 0.15) is 12.8 Å². The number of hydrogen-bond donors (Lipinski definition) is 3. The van der Waals surface area contributed by atoms with Crippen LogP contribution in [0.25, 0.3) is 0 Å². The van der Waals surface area contributed by atoms with E-state index >= 15 is 0 Å². The van der Waals surface area contributed by atoms with Crippen LogP contribution in [0.3, 0.4) is 0 Å². The zero-order valence-electron chi connectivity index (χ0n) is 7.11. The van der Waals surface area contributed by atoms with Gasteiger partial charge in [0.1, 0.15) is 0 Å². The van der Waals surface area contributed by atoms with E-state index in [9.17, 15) is 0 Å². The quantitative estimate of drug-likeness (QED) is 0.643. The van der Waals surface area contributed by atoms with E-state index < -0.39 is 0 Å². The summed E-state index contributed by atoms with van der Waals surface area (Å²) in [6, 6.07) is 0. The molecule has 0 bridgehead atoms. The number of halogens is 2. The topological polar surface area (TPSA) is 82.9 Å². The summed E-state index contributed by atoms with van der Waals surface area (Å²) >= 11 is 5.49. The lowest BCUT2D eigenvalue weighted by atomic mass is 10.2. The van der Waals surface area contributed by atoms with Crippen LogP contribution in [0.5, 0.6) is 0 Å². The molecule has 5 N–H and O–H groups in total. The van der Waals surface area contributed by atoms with Crippen molar-refractivity contribution in [1.29, 1.82) is 0 Å². The molecule has 0 aromatic heterocycles. The second-order valence-electron chi connectivity index (χ2n) is 2.15. The Morgan fingerprint density at radius 2 is 2.31 bits per heavy atom. The molecule has 1 aliphatic rings. The number of nitrogens with zero attached hydrogens (tertiary/aromatic N) is 2. The summed E-state index contributed by atoms with van der Waals surface area (Å²) in [5.74, 6) is 0.627. The van der Waals surface area contributed by atoms with Gasteiger partial charge in [-0.2, -0.15) is 0 Å². The smallest absolute Gasteiger partial charge is 0.0534 e. The monoisotopic (exact) mass is 228 g/mol. The summed E-state index contributed by atoms with van der Waals surface area (Å²) in [7, 11) is 0. The summed E-state index contributed by atoms with van der Waals surface area (Å²) in [4.78, 5) is 0. The fourth-order valence-electron chi connectivity index (χ4n) is 0.778. The molecule has 0 unspecified atom stereocenters. The third-order valence-corrected chi connectivity index (χ3v) is 1.54. The second kappa shape index (κ2) is 8.12. The molecule has 1 rings (SSSR count). The van der Waals surface area contributed by atoms with Crippen molar-refractivity contribution < 1.29 is 5.21 Å². The Hall–Kier alpha value is -0.490. The van der Waals surface area contributed by atoms with E-state index in [0.717, 1.165) is 18.5 Å². The normalized spacial score (nSPS) is 13.7. The molecule has 0 fully saturated rings. The number of rotatable bonds is 3. The highest BCUT2D eigenvalue weighted by molar-refractivity contribution is 6.17. The number of hydrazine groups is 1. The number of alkyl halides is 1.